The minimum absolute atomic E-state index is 0.200. The summed E-state index contributed by atoms with van der Waals surface area (Å²) in [6.07, 6.45) is 3.38. The molecule has 0 atom stereocenters. The largest absolute Gasteiger partial charge is 0.480 e. The number of carbonyl (C=O) groups excluding carboxylic acids is 1. The predicted molar refractivity (Wildman–Crippen MR) is 95.7 cm³/mol. The van der Waals surface area contributed by atoms with Crippen molar-refractivity contribution in [2.24, 2.45) is 0 Å². The van der Waals surface area contributed by atoms with Gasteiger partial charge in [0.1, 0.15) is 5.54 Å². The topological polar surface area (TPSA) is 88.5 Å². The van der Waals surface area contributed by atoms with E-state index in [-0.39, 0.29) is 5.91 Å². The van der Waals surface area contributed by atoms with Crippen molar-refractivity contribution in [1.29, 1.82) is 0 Å². The van der Waals surface area contributed by atoms with Crippen LogP contribution >= 0.6 is 11.3 Å². The van der Waals surface area contributed by atoms with Gasteiger partial charge in [-0.2, -0.15) is 0 Å². The number of thiazole rings is 1. The number of unbranched alkanes of at least 4 members (excludes halogenated alkanes) is 1. The number of para-hydroxylation sites is 1. The lowest BCUT2D eigenvalue weighted by Crippen LogP contribution is -2.57. The third kappa shape index (κ3) is 4.35. The molecule has 1 saturated heterocycles. The van der Waals surface area contributed by atoms with Crippen LogP contribution in [0, 0.1) is 0 Å². The fourth-order valence-corrected chi connectivity index (χ4v) is 4.04. The molecule has 6 nitrogen and oxygen atoms in total. The predicted octanol–water partition coefficient (Wildman–Crippen LogP) is 2.76. The zero-order valence-electron chi connectivity index (χ0n) is 14.0. The SMILES string of the molecule is O=C(CCCCc1nc2ccccc2s1)NC1(C(=O)O)CCOCC1. The molecule has 1 aromatic carbocycles. The number of fused-ring (bicyclic) bond motifs is 1. The lowest BCUT2D eigenvalue weighted by molar-refractivity contribution is -0.152. The molecule has 0 bridgehead atoms. The summed E-state index contributed by atoms with van der Waals surface area (Å²) in [5.41, 5.74) is -0.148. The number of amides is 1. The molecule has 3 rings (SSSR count). The summed E-state index contributed by atoms with van der Waals surface area (Å²) in [6.45, 7) is 0.731. The molecule has 1 amide bonds. The Bertz CT molecular complexity index is 719. The van der Waals surface area contributed by atoms with Crippen LogP contribution < -0.4 is 5.32 Å². The van der Waals surface area contributed by atoms with Gasteiger partial charge in [-0.1, -0.05) is 12.1 Å². The van der Waals surface area contributed by atoms with Crippen molar-refractivity contribution in [3.8, 4) is 0 Å². The van der Waals surface area contributed by atoms with Gasteiger partial charge in [-0.15, -0.1) is 11.3 Å². The van der Waals surface area contributed by atoms with Crippen LogP contribution in [0.25, 0.3) is 10.2 Å². The summed E-state index contributed by atoms with van der Waals surface area (Å²) in [4.78, 5) is 28.3. The molecule has 134 valence electrons. The van der Waals surface area contributed by atoms with E-state index < -0.39 is 11.5 Å². The molecule has 2 N–H and O–H groups in total. The van der Waals surface area contributed by atoms with Gasteiger partial charge in [0.2, 0.25) is 5.91 Å². The van der Waals surface area contributed by atoms with Crippen molar-refractivity contribution in [3.63, 3.8) is 0 Å². The Morgan fingerprint density at radius 2 is 2.00 bits per heavy atom. The van der Waals surface area contributed by atoms with Gasteiger partial charge >= 0.3 is 5.97 Å². The van der Waals surface area contributed by atoms with Crippen molar-refractivity contribution in [2.75, 3.05) is 13.2 Å². The number of nitrogens with zero attached hydrogens (tertiary/aromatic N) is 1. The lowest BCUT2D eigenvalue weighted by atomic mass is 9.90. The van der Waals surface area contributed by atoms with Crippen LogP contribution in [0.3, 0.4) is 0 Å². The van der Waals surface area contributed by atoms with E-state index in [0.29, 0.717) is 38.9 Å². The maximum absolute atomic E-state index is 12.1. The van der Waals surface area contributed by atoms with Crippen LogP contribution in [-0.2, 0) is 20.7 Å². The van der Waals surface area contributed by atoms with Gasteiger partial charge in [-0.3, -0.25) is 4.79 Å². The Morgan fingerprint density at radius 1 is 1.24 bits per heavy atom. The average Bonchev–Trinajstić information content (AvgIpc) is 3.02. The van der Waals surface area contributed by atoms with Crippen LogP contribution in [0.1, 0.15) is 37.1 Å². The monoisotopic (exact) mass is 362 g/mol. The molecular weight excluding hydrogens is 340 g/mol. The molecular formula is C18H22N2O4S. The zero-order chi connectivity index (χ0) is 17.7. The Morgan fingerprint density at radius 3 is 2.72 bits per heavy atom. The number of carboxylic acids is 1. The third-order valence-electron chi connectivity index (χ3n) is 4.52. The number of rotatable bonds is 7. The molecule has 0 aliphatic carbocycles. The maximum atomic E-state index is 12.1. The number of benzene rings is 1. The van der Waals surface area contributed by atoms with E-state index in [9.17, 15) is 14.7 Å². The van der Waals surface area contributed by atoms with Gasteiger partial charge in [-0.05, 0) is 31.4 Å². The first-order chi connectivity index (χ1) is 12.1. The van der Waals surface area contributed by atoms with Crippen LogP contribution in [-0.4, -0.2) is 40.7 Å². The smallest absolute Gasteiger partial charge is 0.329 e. The molecule has 0 saturated carbocycles. The number of carbonyl (C=O) groups is 2. The lowest BCUT2D eigenvalue weighted by Gasteiger charge is -2.33. The highest BCUT2D eigenvalue weighted by Crippen LogP contribution is 2.23. The fraction of sp³-hybridized carbons (Fsp3) is 0.500. The molecule has 2 aromatic rings. The van der Waals surface area contributed by atoms with Crippen LogP contribution in [0.15, 0.2) is 24.3 Å². The first-order valence-corrected chi connectivity index (χ1v) is 9.37. The normalized spacial score (nSPS) is 16.6. The van der Waals surface area contributed by atoms with Crippen molar-refractivity contribution in [1.82, 2.24) is 10.3 Å². The second-order valence-corrected chi connectivity index (χ2v) is 7.45. The summed E-state index contributed by atoms with van der Waals surface area (Å²) in [5, 5.41) is 13.2. The van der Waals surface area contributed by atoms with Gasteiger partial charge < -0.3 is 15.2 Å². The summed E-state index contributed by atoms with van der Waals surface area (Å²) < 4.78 is 6.39. The Labute approximate surface area is 150 Å². The second-order valence-electron chi connectivity index (χ2n) is 6.33. The number of aryl methyl sites for hydroxylation is 1. The molecule has 0 radical (unpaired) electrons. The summed E-state index contributed by atoms with van der Waals surface area (Å²) in [5.74, 6) is -1.17. The molecule has 0 spiro atoms. The van der Waals surface area contributed by atoms with Gasteiger partial charge in [-0.25, -0.2) is 9.78 Å². The third-order valence-corrected chi connectivity index (χ3v) is 5.61. The van der Waals surface area contributed by atoms with E-state index in [1.807, 2.05) is 18.2 Å². The molecule has 25 heavy (non-hydrogen) atoms. The van der Waals surface area contributed by atoms with Gasteiger partial charge in [0, 0.05) is 32.5 Å². The highest BCUT2D eigenvalue weighted by Gasteiger charge is 2.41. The number of aromatic nitrogens is 1. The van der Waals surface area contributed by atoms with Crippen molar-refractivity contribution in [2.45, 2.75) is 44.1 Å². The standard InChI is InChI=1S/C18H22N2O4S/c21-15(20-18(17(22)23)9-11-24-12-10-18)7-3-4-8-16-19-13-5-1-2-6-14(13)25-16/h1-2,5-6H,3-4,7-12H2,(H,20,21)(H,22,23). The van der Waals surface area contributed by atoms with Gasteiger partial charge in [0.25, 0.3) is 0 Å². The Kier molecular flexibility index (Phi) is 5.65. The molecule has 1 aromatic heterocycles. The fourth-order valence-electron chi connectivity index (χ4n) is 3.03. The number of hydrogen-bond donors (Lipinski definition) is 2. The quantitative estimate of drug-likeness (QED) is 0.740. The maximum Gasteiger partial charge on any atom is 0.329 e. The van der Waals surface area contributed by atoms with Crippen molar-refractivity contribution < 1.29 is 19.4 Å². The van der Waals surface area contributed by atoms with Crippen LogP contribution in [0.4, 0.5) is 0 Å². The van der Waals surface area contributed by atoms with E-state index in [4.69, 9.17) is 4.74 Å². The molecule has 0 unspecified atom stereocenters. The minimum atomic E-state index is -1.16. The number of nitrogens with one attached hydrogen (secondary N) is 1. The minimum Gasteiger partial charge on any atom is -0.480 e. The molecule has 2 heterocycles. The van der Waals surface area contributed by atoms with Crippen molar-refractivity contribution >= 4 is 33.4 Å². The first-order valence-electron chi connectivity index (χ1n) is 8.56. The molecule has 7 heteroatoms. The van der Waals surface area contributed by atoms with Gasteiger partial charge in [0.05, 0.1) is 15.2 Å². The van der Waals surface area contributed by atoms with Gasteiger partial charge in [0.15, 0.2) is 0 Å². The van der Waals surface area contributed by atoms with Crippen molar-refractivity contribution in [3.05, 3.63) is 29.3 Å². The number of ether oxygens (including phenoxy) is 1. The summed E-state index contributed by atoms with van der Waals surface area (Å²) >= 11 is 1.68. The van der Waals surface area contributed by atoms with E-state index in [1.165, 1.54) is 4.70 Å². The van der Waals surface area contributed by atoms with E-state index >= 15 is 0 Å². The van der Waals surface area contributed by atoms with Crippen LogP contribution in [0.2, 0.25) is 0 Å². The highest BCUT2D eigenvalue weighted by atomic mass is 32.1. The molecule has 1 fully saturated rings. The highest BCUT2D eigenvalue weighted by molar-refractivity contribution is 7.18. The first kappa shape index (κ1) is 17.8. The Hall–Kier alpha value is -1.99. The number of aliphatic carboxylic acids is 1. The van der Waals surface area contributed by atoms with E-state index in [0.717, 1.165) is 23.4 Å². The second kappa shape index (κ2) is 7.93. The number of carboxylic acid groups (broad SMARTS) is 1. The Balaban J connectivity index is 1.45. The average molecular weight is 362 g/mol. The number of hydrogen-bond acceptors (Lipinski definition) is 5. The van der Waals surface area contributed by atoms with E-state index in [1.54, 1.807) is 11.3 Å². The molecule has 1 aliphatic heterocycles. The summed E-state index contributed by atoms with van der Waals surface area (Å²) in [7, 11) is 0. The zero-order valence-corrected chi connectivity index (χ0v) is 14.8. The van der Waals surface area contributed by atoms with Crippen LogP contribution in [0.5, 0.6) is 0 Å². The summed E-state index contributed by atoms with van der Waals surface area (Å²) in [6, 6.07) is 8.04. The van der Waals surface area contributed by atoms with E-state index in [2.05, 4.69) is 16.4 Å². The molecule has 1 aliphatic rings.